The first-order valence-corrected chi connectivity index (χ1v) is 27.4. The maximum absolute atomic E-state index is 13.4. The van der Waals surface area contributed by atoms with Crippen LogP contribution in [0.1, 0.15) is 84.3 Å². The number of hydrogen-bond donors (Lipinski definition) is 2. The number of amides is 3. The lowest BCUT2D eigenvalue weighted by atomic mass is 10.0. The third-order valence-electron chi connectivity index (χ3n) is 13.1. The lowest BCUT2D eigenvalue weighted by molar-refractivity contribution is -0.123. The van der Waals surface area contributed by atoms with Gasteiger partial charge in [0.2, 0.25) is 0 Å². The van der Waals surface area contributed by atoms with Crippen LogP contribution < -0.4 is 0 Å². The summed E-state index contributed by atoms with van der Waals surface area (Å²) in [4.78, 5) is 61.9. The number of aryl methyl sites for hydroxylation is 10. The quantitative estimate of drug-likeness (QED) is 0.163. The number of aromatic nitrogens is 1. The van der Waals surface area contributed by atoms with E-state index in [-0.39, 0.29) is 17.7 Å². The molecule has 0 spiro atoms. The summed E-state index contributed by atoms with van der Waals surface area (Å²) < 4.78 is 15.2. The molecule has 3 amide bonds. The molecule has 0 atom stereocenters. The Morgan fingerprint density at radius 1 is 0.543 bits per heavy atom. The summed E-state index contributed by atoms with van der Waals surface area (Å²) >= 11 is 10.3. The topological polar surface area (TPSA) is 132 Å². The van der Waals surface area contributed by atoms with E-state index in [2.05, 4.69) is 75.8 Å². The molecular weight excluding hydrogens is 993 g/mol. The Hall–Kier alpha value is -6.14. The summed E-state index contributed by atoms with van der Waals surface area (Å²) in [7, 11) is 3.54. The molecule has 0 saturated heterocycles. The number of nitrogens with one attached hydrogen (secondary N) is 1. The van der Waals surface area contributed by atoms with Crippen LogP contribution in [0, 0.1) is 69.2 Å². The molecule has 3 aliphatic heterocycles. The van der Waals surface area contributed by atoms with Crippen LogP contribution in [-0.2, 0) is 9.59 Å². The SMILES string of the molecule is Cc1cc(C)c(-c2cc(C)c(C3=NC(=O)c4c(-c5oc(-c6sc(C)cc6C)cc5C)[nH]c(O)c43)o2)s1.Cc1ccc(C2=C3C(=O)N(C)C(c4ccc(-c5sc6c(C)c(C)sc6c5C)s4)=C3C(=O)N2C)s1. The number of aromatic hydroxyl groups is 1. The highest BCUT2D eigenvalue weighted by Crippen LogP contribution is 2.51. The highest BCUT2D eigenvalue weighted by molar-refractivity contribution is 7.32. The first kappa shape index (κ1) is 46.3. The van der Waals surface area contributed by atoms with E-state index >= 15 is 0 Å². The van der Waals surface area contributed by atoms with Crippen molar-refractivity contribution < 1.29 is 28.3 Å². The van der Waals surface area contributed by atoms with Gasteiger partial charge in [-0.25, -0.2) is 4.99 Å². The molecule has 9 aromatic heterocycles. The fraction of sp³-hybridized carbons (Fsp3) is 0.222. The van der Waals surface area contributed by atoms with Crippen LogP contribution in [0.5, 0.6) is 5.88 Å². The van der Waals surface area contributed by atoms with Crippen LogP contribution in [-0.4, -0.2) is 57.4 Å². The number of carbonyl (C=O) groups is 3. The molecule has 9 aromatic rings. The molecule has 354 valence electrons. The number of aromatic amines is 1. The number of carbonyl (C=O) groups excluding carboxylic acids is 3. The number of likely N-dealkylation sites (N-methyl/N-ethyl adjacent to an activating group) is 2. The smallest absolute Gasteiger partial charge is 0.280 e. The zero-order chi connectivity index (χ0) is 49.5. The third-order valence-corrected chi connectivity index (χ3v) is 20.6. The summed E-state index contributed by atoms with van der Waals surface area (Å²) in [6.45, 7) is 20.7. The minimum atomic E-state index is -0.437. The van der Waals surface area contributed by atoms with E-state index < -0.39 is 5.91 Å². The van der Waals surface area contributed by atoms with Crippen molar-refractivity contribution in [3.8, 4) is 48.4 Å². The van der Waals surface area contributed by atoms with Crippen LogP contribution in [0.2, 0.25) is 0 Å². The Kier molecular flexibility index (Phi) is 11.1. The van der Waals surface area contributed by atoms with E-state index in [0.717, 1.165) is 69.6 Å². The van der Waals surface area contributed by atoms with E-state index in [1.54, 1.807) is 69.2 Å². The van der Waals surface area contributed by atoms with Crippen LogP contribution in [0.25, 0.3) is 63.3 Å². The number of fused-ring (bicyclic) bond motifs is 3. The van der Waals surface area contributed by atoms with Gasteiger partial charge in [0.05, 0.1) is 58.9 Å². The van der Waals surface area contributed by atoms with Crippen molar-refractivity contribution in [2.45, 2.75) is 69.2 Å². The maximum Gasteiger partial charge on any atom is 0.280 e. The van der Waals surface area contributed by atoms with Crippen molar-refractivity contribution >= 4 is 112 Å². The molecule has 70 heavy (non-hydrogen) atoms. The number of furan rings is 2. The molecule has 0 unspecified atom stereocenters. The first-order chi connectivity index (χ1) is 33.3. The largest absolute Gasteiger partial charge is 0.494 e. The monoisotopic (exact) mass is 1040 g/mol. The number of H-pyrrole nitrogens is 1. The molecule has 0 bridgehead atoms. The summed E-state index contributed by atoms with van der Waals surface area (Å²) in [5.74, 6) is 1.66. The minimum Gasteiger partial charge on any atom is -0.494 e. The van der Waals surface area contributed by atoms with E-state index in [1.807, 2.05) is 74.6 Å². The molecule has 12 heterocycles. The second kappa shape index (κ2) is 16.7. The number of thiophene rings is 6. The van der Waals surface area contributed by atoms with Gasteiger partial charge < -0.3 is 28.7 Å². The summed E-state index contributed by atoms with van der Waals surface area (Å²) in [5, 5.41) is 10.9. The van der Waals surface area contributed by atoms with Gasteiger partial charge in [-0.1, -0.05) is 0 Å². The molecule has 2 N–H and O–H groups in total. The molecular formula is C54H46N4O6S6. The second-order valence-electron chi connectivity index (χ2n) is 18.1. The lowest BCUT2D eigenvalue weighted by Gasteiger charge is -2.18. The van der Waals surface area contributed by atoms with Gasteiger partial charge in [0.25, 0.3) is 17.7 Å². The van der Waals surface area contributed by atoms with Crippen molar-refractivity contribution in [2.24, 2.45) is 4.99 Å². The summed E-state index contributed by atoms with van der Waals surface area (Å²) in [5.41, 5.74) is 10.6. The molecule has 0 aliphatic carbocycles. The highest BCUT2D eigenvalue weighted by Gasteiger charge is 2.47. The average Bonchev–Trinajstić information content (AvgIpc) is 4.16. The van der Waals surface area contributed by atoms with Gasteiger partial charge in [-0.15, -0.1) is 68.0 Å². The summed E-state index contributed by atoms with van der Waals surface area (Å²) in [6, 6.07) is 16.4. The van der Waals surface area contributed by atoms with Crippen molar-refractivity contribution in [3.63, 3.8) is 0 Å². The predicted molar refractivity (Wildman–Crippen MR) is 290 cm³/mol. The number of rotatable bonds is 7. The Labute approximate surface area is 428 Å². The zero-order valence-corrected chi connectivity index (χ0v) is 45.3. The van der Waals surface area contributed by atoms with Crippen molar-refractivity contribution in [3.05, 3.63) is 139 Å². The highest BCUT2D eigenvalue weighted by atomic mass is 32.1. The van der Waals surface area contributed by atoms with E-state index in [1.165, 1.54) is 44.9 Å². The number of hydrogen-bond acceptors (Lipinski definition) is 12. The molecule has 0 radical (unpaired) electrons. The van der Waals surface area contributed by atoms with Crippen molar-refractivity contribution in [1.29, 1.82) is 0 Å². The second-order valence-corrected chi connectivity index (χ2v) is 25.2. The van der Waals surface area contributed by atoms with E-state index in [4.69, 9.17) is 8.83 Å². The van der Waals surface area contributed by atoms with Gasteiger partial charge in [-0.05, 0) is 151 Å². The molecule has 0 saturated carbocycles. The molecule has 0 aromatic carbocycles. The number of aliphatic imine (C=N–C) groups is 1. The predicted octanol–water partition coefficient (Wildman–Crippen LogP) is 14.9. The minimum absolute atomic E-state index is 0.113. The molecule has 3 aliphatic rings. The van der Waals surface area contributed by atoms with E-state index in [0.29, 0.717) is 45.2 Å². The van der Waals surface area contributed by atoms with Crippen LogP contribution in [0.3, 0.4) is 0 Å². The fourth-order valence-corrected chi connectivity index (χ4v) is 16.5. The molecule has 0 fully saturated rings. The Morgan fingerprint density at radius 2 is 1.07 bits per heavy atom. The Bertz CT molecular complexity index is 3850. The van der Waals surface area contributed by atoms with Crippen molar-refractivity contribution in [1.82, 2.24) is 14.8 Å². The Morgan fingerprint density at radius 3 is 1.61 bits per heavy atom. The van der Waals surface area contributed by atoms with Crippen LogP contribution in [0.15, 0.2) is 73.5 Å². The molecule has 12 rings (SSSR count). The first-order valence-electron chi connectivity index (χ1n) is 22.5. The van der Waals surface area contributed by atoms with Gasteiger partial charge in [0, 0.05) is 52.8 Å². The van der Waals surface area contributed by atoms with Gasteiger partial charge in [-0.3, -0.25) is 14.4 Å². The van der Waals surface area contributed by atoms with Gasteiger partial charge in [0.15, 0.2) is 17.4 Å². The normalized spacial score (nSPS) is 14.6. The van der Waals surface area contributed by atoms with Crippen LogP contribution in [0.4, 0.5) is 0 Å². The third kappa shape index (κ3) is 7.08. The lowest BCUT2D eigenvalue weighted by Crippen LogP contribution is -2.24. The van der Waals surface area contributed by atoms with Gasteiger partial charge in [-0.2, -0.15) is 0 Å². The van der Waals surface area contributed by atoms with Gasteiger partial charge in [0.1, 0.15) is 17.2 Å². The fourth-order valence-electron chi connectivity index (χ4n) is 9.67. The number of nitrogens with zero attached hydrogens (tertiary/aromatic N) is 3. The zero-order valence-electron chi connectivity index (χ0n) is 40.4. The Balaban J connectivity index is 0.000000153. The summed E-state index contributed by atoms with van der Waals surface area (Å²) in [6.07, 6.45) is 0. The molecule has 10 nitrogen and oxygen atoms in total. The van der Waals surface area contributed by atoms with Crippen molar-refractivity contribution in [2.75, 3.05) is 14.1 Å². The average molecular weight is 1040 g/mol. The maximum atomic E-state index is 13.4. The standard InChI is InChI=1S/C28H24N2O4S2.C26H22N2O2S4/c1-11-9-17(25-13(3)7-15(5)35-25)33-23(11)21-19-20(28(32)29-21)22(30-27(19)31)24-12(2)10-18(34-24)26-14(4)8-16(6)36-26;1-11-7-8-15(31-11)20-18-19(26(30)27(20)5)21(28(6)25(18)29)16-9-10-17(33-16)22-13(3)24-23(34-22)12(2)14(4)32-24/h7-10,29,32H,1-6H3;7-10H,1-6H3. The van der Waals surface area contributed by atoms with Gasteiger partial charge >= 0.3 is 0 Å². The molecule has 16 heteroatoms. The van der Waals surface area contributed by atoms with Crippen LogP contribution >= 0.6 is 68.0 Å². The van der Waals surface area contributed by atoms with E-state index in [9.17, 15) is 19.5 Å².